The Hall–Kier alpha value is -0.680. The highest BCUT2D eigenvalue weighted by molar-refractivity contribution is 9.11. The molecule has 14 heavy (non-hydrogen) atoms. The number of halogens is 1. The Labute approximate surface area is 92.9 Å². The van der Waals surface area contributed by atoms with E-state index in [1.165, 1.54) is 11.3 Å². The van der Waals surface area contributed by atoms with Crippen LogP contribution in [0.15, 0.2) is 20.9 Å². The van der Waals surface area contributed by atoms with E-state index < -0.39 is 5.54 Å². The third-order valence-corrected chi connectivity index (χ3v) is 4.00. The third kappa shape index (κ3) is 1.15. The number of hydrogen-bond acceptors (Lipinski definition) is 4. The second-order valence-corrected chi connectivity index (χ2v) is 5.90. The Balaban J connectivity index is 1.98. The van der Waals surface area contributed by atoms with Gasteiger partial charge in [0.2, 0.25) is 5.90 Å². The van der Waals surface area contributed by atoms with E-state index in [0.29, 0.717) is 5.90 Å². The number of thiophene rings is 1. The van der Waals surface area contributed by atoms with Crippen molar-refractivity contribution in [3.8, 4) is 0 Å². The molecule has 2 heterocycles. The van der Waals surface area contributed by atoms with Crippen molar-refractivity contribution in [1.82, 2.24) is 0 Å². The maximum absolute atomic E-state index is 11.4. The number of nitrogens with zero attached hydrogens (tertiary/aromatic N) is 1. The van der Waals surface area contributed by atoms with E-state index in [9.17, 15) is 4.79 Å². The minimum absolute atomic E-state index is 0.183. The SMILES string of the molecule is O=C1OC(c2ccc(Br)s2)=NC12CC2. The zero-order valence-electron chi connectivity index (χ0n) is 7.12. The standard InChI is InChI=1S/C9H6BrNO2S/c10-6-2-1-5(14-6)7-11-9(3-4-9)8(12)13-7/h1-2H,3-4H2. The quantitative estimate of drug-likeness (QED) is 0.736. The molecule has 72 valence electrons. The van der Waals surface area contributed by atoms with Crippen LogP contribution in [0.4, 0.5) is 0 Å². The number of esters is 1. The van der Waals surface area contributed by atoms with Crippen molar-refractivity contribution in [2.75, 3.05) is 0 Å². The van der Waals surface area contributed by atoms with Gasteiger partial charge in [-0.25, -0.2) is 9.79 Å². The number of aliphatic imine (C=N–C) groups is 1. The van der Waals surface area contributed by atoms with Gasteiger partial charge in [0.15, 0.2) is 5.54 Å². The molecule has 0 bridgehead atoms. The van der Waals surface area contributed by atoms with Gasteiger partial charge in [-0.3, -0.25) is 0 Å². The first-order valence-electron chi connectivity index (χ1n) is 4.27. The summed E-state index contributed by atoms with van der Waals surface area (Å²) in [6, 6.07) is 3.83. The van der Waals surface area contributed by atoms with Crippen LogP contribution >= 0.6 is 27.3 Å². The highest BCUT2D eigenvalue weighted by Gasteiger charge is 2.56. The molecule has 0 radical (unpaired) electrons. The zero-order chi connectivity index (χ0) is 9.76. The lowest BCUT2D eigenvalue weighted by Crippen LogP contribution is -2.15. The molecule has 1 aromatic heterocycles. The Kier molecular flexibility index (Phi) is 1.64. The molecule has 0 aromatic carbocycles. The van der Waals surface area contributed by atoms with Gasteiger partial charge >= 0.3 is 5.97 Å². The Morgan fingerprint density at radius 2 is 2.29 bits per heavy atom. The smallest absolute Gasteiger partial charge is 0.340 e. The van der Waals surface area contributed by atoms with Gasteiger partial charge in [0.1, 0.15) is 0 Å². The van der Waals surface area contributed by atoms with Gasteiger partial charge in [0.05, 0.1) is 8.66 Å². The van der Waals surface area contributed by atoms with Gasteiger partial charge in [0, 0.05) is 0 Å². The van der Waals surface area contributed by atoms with Crippen molar-refractivity contribution in [3.63, 3.8) is 0 Å². The summed E-state index contributed by atoms with van der Waals surface area (Å²) in [7, 11) is 0. The van der Waals surface area contributed by atoms with Gasteiger partial charge in [-0.05, 0) is 40.9 Å². The van der Waals surface area contributed by atoms with Crippen molar-refractivity contribution in [2.45, 2.75) is 18.4 Å². The average molecular weight is 272 g/mol. The van der Waals surface area contributed by atoms with E-state index in [4.69, 9.17) is 4.74 Å². The molecule has 1 aliphatic carbocycles. The summed E-state index contributed by atoms with van der Waals surface area (Å²) in [6.07, 6.45) is 1.67. The first-order valence-corrected chi connectivity index (χ1v) is 5.88. The predicted molar refractivity (Wildman–Crippen MR) is 56.6 cm³/mol. The van der Waals surface area contributed by atoms with Crippen LogP contribution in [0.25, 0.3) is 0 Å². The molecule has 3 rings (SSSR count). The molecule has 1 aliphatic heterocycles. The lowest BCUT2D eigenvalue weighted by atomic mass is 10.3. The van der Waals surface area contributed by atoms with E-state index in [1.54, 1.807) is 0 Å². The molecule has 1 fully saturated rings. The van der Waals surface area contributed by atoms with E-state index in [1.807, 2.05) is 12.1 Å². The lowest BCUT2D eigenvalue weighted by Gasteiger charge is -1.94. The normalized spacial score (nSPS) is 22.4. The minimum atomic E-state index is -0.494. The van der Waals surface area contributed by atoms with E-state index in [2.05, 4.69) is 20.9 Å². The molecule has 0 amide bonds. The average Bonchev–Trinajstić information content (AvgIpc) is 2.68. The predicted octanol–water partition coefficient (Wildman–Crippen LogP) is 2.35. The van der Waals surface area contributed by atoms with Crippen molar-refractivity contribution in [2.24, 2.45) is 4.99 Å². The van der Waals surface area contributed by atoms with Crippen LogP contribution in [0.1, 0.15) is 17.7 Å². The molecule has 2 aliphatic rings. The van der Waals surface area contributed by atoms with Gasteiger partial charge in [-0.1, -0.05) is 0 Å². The fourth-order valence-electron chi connectivity index (χ4n) is 1.41. The maximum atomic E-state index is 11.4. The highest BCUT2D eigenvalue weighted by Crippen LogP contribution is 2.45. The molecule has 1 saturated carbocycles. The monoisotopic (exact) mass is 271 g/mol. The summed E-state index contributed by atoms with van der Waals surface area (Å²) >= 11 is 4.89. The van der Waals surface area contributed by atoms with Crippen LogP contribution in [0, 0.1) is 0 Å². The number of carbonyl (C=O) groups is 1. The van der Waals surface area contributed by atoms with Crippen LogP contribution < -0.4 is 0 Å². The molecular weight excluding hydrogens is 266 g/mol. The second kappa shape index (κ2) is 2.67. The lowest BCUT2D eigenvalue weighted by molar-refractivity contribution is -0.135. The molecule has 0 saturated heterocycles. The number of rotatable bonds is 1. The fourth-order valence-corrected chi connectivity index (χ4v) is 2.73. The summed E-state index contributed by atoms with van der Waals surface area (Å²) in [5.74, 6) is 0.306. The van der Waals surface area contributed by atoms with Gasteiger partial charge in [0.25, 0.3) is 0 Å². The number of carbonyl (C=O) groups excluding carboxylic acids is 1. The van der Waals surface area contributed by atoms with Crippen LogP contribution in [0.3, 0.4) is 0 Å². The van der Waals surface area contributed by atoms with Crippen molar-refractivity contribution in [3.05, 3.63) is 20.8 Å². The molecule has 1 aromatic rings. The molecule has 1 spiro atoms. The first kappa shape index (κ1) is 8.61. The van der Waals surface area contributed by atoms with Crippen LogP contribution in [0.2, 0.25) is 0 Å². The first-order chi connectivity index (χ1) is 6.70. The van der Waals surface area contributed by atoms with Crippen molar-refractivity contribution >= 4 is 39.1 Å². The highest BCUT2D eigenvalue weighted by atomic mass is 79.9. The maximum Gasteiger partial charge on any atom is 0.340 e. The van der Waals surface area contributed by atoms with E-state index in [-0.39, 0.29) is 5.97 Å². The molecule has 0 unspecified atom stereocenters. The Morgan fingerprint density at radius 1 is 1.50 bits per heavy atom. The van der Waals surface area contributed by atoms with Crippen LogP contribution in [-0.4, -0.2) is 17.4 Å². The van der Waals surface area contributed by atoms with Crippen LogP contribution in [-0.2, 0) is 9.53 Å². The van der Waals surface area contributed by atoms with Gasteiger partial charge in [-0.15, -0.1) is 11.3 Å². The molecule has 0 N–H and O–H groups in total. The van der Waals surface area contributed by atoms with E-state index in [0.717, 1.165) is 21.5 Å². The zero-order valence-corrected chi connectivity index (χ0v) is 9.52. The molecule has 3 nitrogen and oxygen atoms in total. The largest absolute Gasteiger partial charge is 0.404 e. The summed E-state index contributed by atoms with van der Waals surface area (Å²) in [6.45, 7) is 0. The van der Waals surface area contributed by atoms with Gasteiger partial charge in [-0.2, -0.15) is 0 Å². The Bertz CT molecular complexity index is 447. The molecule has 0 atom stereocenters. The van der Waals surface area contributed by atoms with Crippen LogP contribution in [0.5, 0.6) is 0 Å². The van der Waals surface area contributed by atoms with E-state index >= 15 is 0 Å². The third-order valence-electron chi connectivity index (χ3n) is 2.39. The van der Waals surface area contributed by atoms with Crippen molar-refractivity contribution in [1.29, 1.82) is 0 Å². The van der Waals surface area contributed by atoms with Gasteiger partial charge < -0.3 is 4.74 Å². The summed E-state index contributed by atoms with van der Waals surface area (Å²) in [4.78, 5) is 16.6. The number of cyclic esters (lactones) is 1. The Morgan fingerprint density at radius 3 is 2.79 bits per heavy atom. The summed E-state index contributed by atoms with van der Waals surface area (Å²) < 4.78 is 6.16. The number of ether oxygens (including phenoxy) is 1. The second-order valence-electron chi connectivity index (χ2n) is 3.44. The summed E-state index contributed by atoms with van der Waals surface area (Å²) in [5.41, 5.74) is -0.494. The fraction of sp³-hybridized carbons (Fsp3) is 0.333. The molecular formula is C9H6BrNO2S. The minimum Gasteiger partial charge on any atom is -0.404 e. The summed E-state index contributed by atoms with van der Waals surface area (Å²) in [5, 5.41) is 0. The number of hydrogen-bond donors (Lipinski definition) is 0. The molecule has 5 heteroatoms. The van der Waals surface area contributed by atoms with Crippen molar-refractivity contribution < 1.29 is 9.53 Å². The topological polar surface area (TPSA) is 38.7 Å².